The summed E-state index contributed by atoms with van der Waals surface area (Å²) in [4.78, 5) is 16.5. The minimum absolute atomic E-state index is 0.0560. The molecule has 3 rings (SSSR count). The molecule has 34 heavy (non-hydrogen) atoms. The van der Waals surface area contributed by atoms with Crippen LogP contribution >= 0.6 is 11.6 Å². The van der Waals surface area contributed by atoms with Crippen molar-refractivity contribution in [3.8, 4) is 5.75 Å². The number of hydrogen-bond acceptors (Lipinski definition) is 3. The van der Waals surface area contributed by atoms with E-state index < -0.39 is 23.5 Å². The van der Waals surface area contributed by atoms with Crippen molar-refractivity contribution in [3.05, 3.63) is 94.3 Å². The highest BCUT2D eigenvalue weighted by molar-refractivity contribution is 6.31. The lowest BCUT2D eigenvalue weighted by Crippen LogP contribution is -2.14. The summed E-state index contributed by atoms with van der Waals surface area (Å²) in [6.45, 7) is 0. The molecule has 0 unspecified atom stereocenters. The van der Waals surface area contributed by atoms with Gasteiger partial charge in [0, 0.05) is 16.8 Å². The van der Waals surface area contributed by atoms with Crippen molar-refractivity contribution in [2.24, 2.45) is 10.7 Å². The number of alkyl halides is 3. The van der Waals surface area contributed by atoms with E-state index in [0.29, 0.717) is 5.75 Å². The number of methoxy groups -OCH3 is 1. The zero-order chi connectivity index (χ0) is 24.9. The van der Waals surface area contributed by atoms with Crippen LogP contribution in [-0.2, 0) is 11.0 Å². The van der Waals surface area contributed by atoms with E-state index in [0.717, 1.165) is 24.3 Å². The Kier molecular flexibility index (Phi) is 7.57. The first-order valence-electron chi connectivity index (χ1n) is 9.71. The number of carbonyl (C=O) groups is 1. The second-order valence-corrected chi connectivity index (χ2v) is 7.38. The molecule has 1 amide bonds. The van der Waals surface area contributed by atoms with Gasteiger partial charge in [-0.3, -0.25) is 4.79 Å². The number of rotatable bonds is 6. The summed E-state index contributed by atoms with van der Waals surface area (Å²) < 4.78 is 58.1. The van der Waals surface area contributed by atoms with Crippen LogP contribution in [0.2, 0.25) is 5.02 Å². The lowest BCUT2D eigenvalue weighted by molar-refractivity contribution is -0.137. The van der Waals surface area contributed by atoms with Crippen LogP contribution in [0.1, 0.15) is 16.7 Å². The maximum Gasteiger partial charge on any atom is 0.416 e. The van der Waals surface area contributed by atoms with E-state index in [1.165, 1.54) is 55.6 Å². The van der Waals surface area contributed by atoms with Gasteiger partial charge in [-0.15, -0.1) is 0 Å². The predicted molar refractivity (Wildman–Crippen MR) is 124 cm³/mol. The fourth-order valence-electron chi connectivity index (χ4n) is 3.04. The third-order valence-corrected chi connectivity index (χ3v) is 4.74. The molecule has 3 aromatic rings. The van der Waals surface area contributed by atoms with Crippen LogP contribution in [0, 0.1) is 5.82 Å². The summed E-state index contributed by atoms with van der Waals surface area (Å²) in [5.74, 6) is -0.970. The maximum absolute atomic E-state index is 13.6. The van der Waals surface area contributed by atoms with Crippen LogP contribution in [0.5, 0.6) is 5.75 Å². The first-order valence-corrected chi connectivity index (χ1v) is 10.1. The molecule has 0 aromatic heterocycles. The summed E-state index contributed by atoms with van der Waals surface area (Å²) in [6, 6.07) is 13.0. The number of ether oxygens (including phenoxy) is 1. The van der Waals surface area contributed by atoms with Gasteiger partial charge in [0.05, 0.1) is 23.9 Å². The van der Waals surface area contributed by atoms with Crippen LogP contribution in [-0.4, -0.2) is 18.9 Å². The molecule has 0 saturated heterocycles. The molecule has 0 saturated carbocycles. The van der Waals surface area contributed by atoms with E-state index >= 15 is 0 Å². The van der Waals surface area contributed by atoms with Gasteiger partial charge in [0.2, 0.25) is 5.91 Å². The molecule has 3 aromatic carbocycles. The molecule has 5 nitrogen and oxygen atoms in total. The smallest absolute Gasteiger partial charge is 0.416 e. The van der Waals surface area contributed by atoms with E-state index in [1.54, 1.807) is 0 Å². The van der Waals surface area contributed by atoms with Gasteiger partial charge in [-0.25, -0.2) is 9.38 Å². The molecule has 0 aliphatic carbocycles. The van der Waals surface area contributed by atoms with E-state index in [2.05, 4.69) is 10.3 Å². The first-order chi connectivity index (χ1) is 16.1. The number of halogens is 5. The van der Waals surface area contributed by atoms with Gasteiger partial charge in [0.25, 0.3) is 0 Å². The molecule has 0 heterocycles. The minimum atomic E-state index is -4.55. The molecule has 0 atom stereocenters. The molecule has 3 N–H and O–H groups in total. The van der Waals surface area contributed by atoms with Gasteiger partial charge in [0.15, 0.2) is 0 Å². The number of nitrogens with one attached hydrogen (secondary N) is 1. The second kappa shape index (κ2) is 10.4. The molecule has 10 heteroatoms. The normalized spacial score (nSPS) is 12.1. The Morgan fingerprint density at radius 2 is 1.85 bits per heavy atom. The monoisotopic (exact) mass is 491 g/mol. The summed E-state index contributed by atoms with van der Waals surface area (Å²) in [5, 5.41) is 2.72. The molecular formula is C24H18ClF4N3O2. The van der Waals surface area contributed by atoms with Crippen LogP contribution in [0.15, 0.2) is 71.7 Å². The first kappa shape index (κ1) is 24.8. The SMILES string of the molecule is COc1ccc(F)cc1C(N)=Nc1cc(Cl)cc(NC(=O)C=Cc2ccccc2C(F)(F)F)c1. The highest BCUT2D eigenvalue weighted by atomic mass is 35.5. The third-order valence-electron chi connectivity index (χ3n) is 4.52. The lowest BCUT2D eigenvalue weighted by atomic mass is 10.1. The fourth-order valence-corrected chi connectivity index (χ4v) is 3.27. The average Bonchev–Trinajstić information content (AvgIpc) is 2.76. The molecule has 0 aliphatic heterocycles. The van der Waals surface area contributed by atoms with Crippen molar-refractivity contribution >= 4 is 40.8 Å². The van der Waals surface area contributed by atoms with Crippen molar-refractivity contribution in [1.29, 1.82) is 0 Å². The standard InChI is InChI=1S/C24H18ClF4N3O2/c1-34-21-8-7-16(26)12-19(21)23(30)32-18-11-15(25)10-17(13-18)31-22(33)9-6-14-4-2-3-5-20(14)24(27,28)29/h2-13H,1H3,(H2,30,32)(H,31,33). The Morgan fingerprint density at radius 3 is 2.56 bits per heavy atom. The van der Waals surface area contributed by atoms with E-state index in [1.807, 2.05) is 0 Å². The number of nitrogens with zero attached hydrogens (tertiary/aromatic N) is 1. The highest BCUT2D eigenvalue weighted by Crippen LogP contribution is 2.32. The molecule has 0 radical (unpaired) electrons. The number of carbonyl (C=O) groups excluding carboxylic acids is 1. The van der Waals surface area contributed by atoms with Crippen LogP contribution < -0.4 is 15.8 Å². The largest absolute Gasteiger partial charge is 0.496 e. The van der Waals surface area contributed by atoms with Crippen LogP contribution in [0.25, 0.3) is 6.08 Å². The molecule has 0 bridgehead atoms. The predicted octanol–water partition coefficient (Wildman–Crippen LogP) is 6.20. The Hall–Kier alpha value is -3.85. The van der Waals surface area contributed by atoms with Crippen molar-refractivity contribution in [2.75, 3.05) is 12.4 Å². The lowest BCUT2D eigenvalue weighted by Gasteiger charge is -2.10. The number of amidine groups is 1. The van der Waals surface area contributed by atoms with Gasteiger partial charge in [-0.1, -0.05) is 29.8 Å². The number of anilines is 1. The van der Waals surface area contributed by atoms with Crippen molar-refractivity contribution in [1.82, 2.24) is 0 Å². The van der Waals surface area contributed by atoms with Crippen molar-refractivity contribution in [2.45, 2.75) is 6.18 Å². The minimum Gasteiger partial charge on any atom is -0.496 e. The Labute approximate surface area is 197 Å². The Bertz CT molecular complexity index is 1270. The number of nitrogens with two attached hydrogens (primary N) is 1. The van der Waals surface area contributed by atoms with Gasteiger partial charge >= 0.3 is 6.18 Å². The number of hydrogen-bond donors (Lipinski definition) is 2. The van der Waals surface area contributed by atoms with Gasteiger partial charge in [0.1, 0.15) is 17.4 Å². The molecular weight excluding hydrogens is 474 g/mol. The highest BCUT2D eigenvalue weighted by Gasteiger charge is 2.32. The summed E-state index contributed by atoms with van der Waals surface area (Å²) in [6.07, 6.45) is -2.52. The second-order valence-electron chi connectivity index (χ2n) is 6.95. The average molecular weight is 492 g/mol. The van der Waals surface area contributed by atoms with Gasteiger partial charge < -0.3 is 15.8 Å². The number of aliphatic imine (C=N–C) groups is 1. The number of benzene rings is 3. The number of amides is 1. The molecule has 176 valence electrons. The maximum atomic E-state index is 13.6. The third kappa shape index (κ3) is 6.35. The Morgan fingerprint density at radius 1 is 1.12 bits per heavy atom. The van der Waals surface area contributed by atoms with E-state index in [-0.39, 0.29) is 33.4 Å². The summed E-state index contributed by atoms with van der Waals surface area (Å²) in [5.41, 5.74) is 5.69. The van der Waals surface area contributed by atoms with Crippen LogP contribution in [0.3, 0.4) is 0 Å². The van der Waals surface area contributed by atoms with Crippen molar-refractivity contribution in [3.63, 3.8) is 0 Å². The molecule has 0 fully saturated rings. The molecule has 0 spiro atoms. The van der Waals surface area contributed by atoms with E-state index in [4.69, 9.17) is 22.1 Å². The summed E-state index contributed by atoms with van der Waals surface area (Å²) >= 11 is 6.10. The quantitative estimate of drug-likeness (QED) is 0.187. The van der Waals surface area contributed by atoms with Crippen molar-refractivity contribution < 1.29 is 27.1 Å². The fraction of sp³-hybridized carbons (Fsp3) is 0.0833. The Balaban J connectivity index is 1.82. The van der Waals surface area contributed by atoms with Gasteiger partial charge in [-0.05, 0) is 54.1 Å². The van der Waals surface area contributed by atoms with Crippen LogP contribution in [0.4, 0.5) is 28.9 Å². The molecule has 0 aliphatic rings. The zero-order valence-electron chi connectivity index (χ0n) is 17.7. The van der Waals surface area contributed by atoms with Gasteiger partial charge in [-0.2, -0.15) is 13.2 Å². The topological polar surface area (TPSA) is 76.7 Å². The summed E-state index contributed by atoms with van der Waals surface area (Å²) in [7, 11) is 1.40. The van der Waals surface area contributed by atoms with E-state index in [9.17, 15) is 22.4 Å². The zero-order valence-corrected chi connectivity index (χ0v) is 18.4.